The molecule has 1 amide bonds. The van der Waals surface area contributed by atoms with Crippen LogP contribution in [-0.2, 0) is 20.7 Å². The number of hydrogen-bond donors (Lipinski definition) is 2. The first-order valence-corrected chi connectivity index (χ1v) is 9.11. The maximum absolute atomic E-state index is 12.3. The van der Waals surface area contributed by atoms with E-state index in [0.717, 1.165) is 16.5 Å². The smallest absolute Gasteiger partial charge is 0.306 e. The number of H-pyrrole nitrogens is 1. The van der Waals surface area contributed by atoms with E-state index in [0.29, 0.717) is 17.7 Å². The Hall–Kier alpha value is -3.41. The first-order chi connectivity index (χ1) is 13.5. The van der Waals surface area contributed by atoms with E-state index in [4.69, 9.17) is 4.74 Å². The molecule has 0 spiro atoms. The number of nitrogens with one attached hydrogen (secondary N) is 2. The number of fused-ring (bicyclic) bond motifs is 1. The lowest BCUT2D eigenvalue weighted by molar-refractivity contribution is -0.153. The van der Waals surface area contributed by atoms with Crippen LogP contribution in [0.15, 0.2) is 54.7 Å². The second kappa shape index (κ2) is 8.52. The minimum absolute atomic E-state index is 0.153. The van der Waals surface area contributed by atoms with E-state index in [2.05, 4.69) is 10.3 Å². The summed E-state index contributed by atoms with van der Waals surface area (Å²) in [6.45, 7) is 2.94. The molecule has 2 N–H and O–H groups in total. The van der Waals surface area contributed by atoms with Crippen LogP contribution in [0.25, 0.3) is 10.9 Å². The van der Waals surface area contributed by atoms with E-state index >= 15 is 0 Å². The highest BCUT2D eigenvalue weighted by molar-refractivity contribution is 6.04. The Kier molecular flexibility index (Phi) is 5.89. The number of carbonyl (C=O) groups is 3. The topological polar surface area (TPSA) is 88.3 Å². The predicted octanol–water partition coefficient (Wildman–Crippen LogP) is 3.87. The molecule has 0 saturated carbocycles. The van der Waals surface area contributed by atoms with Gasteiger partial charge in [-0.05, 0) is 44.0 Å². The molecular formula is C22H22N2O4. The highest BCUT2D eigenvalue weighted by Gasteiger charge is 2.19. The molecule has 3 aromatic rings. The molecule has 3 rings (SSSR count). The molecule has 1 unspecified atom stereocenters. The van der Waals surface area contributed by atoms with Crippen molar-refractivity contribution in [1.82, 2.24) is 4.98 Å². The van der Waals surface area contributed by atoms with Gasteiger partial charge in [-0.25, -0.2) is 0 Å². The monoisotopic (exact) mass is 378 g/mol. The number of para-hydroxylation sites is 2. The highest BCUT2D eigenvalue weighted by atomic mass is 16.5. The van der Waals surface area contributed by atoms with E-state index in [1.54, 1.807) is 24.3 Å². The van der Waals surface area contributed by atoms with Gasteiger partial charge in [0.25, 0.3) is 5.91 Å². The quantitative estimate of drug-likeness (QED) is 0.482. The van der Waals surface area contributed by atoms with Crippen molar-refractivity contribution in [2.24, 2.45) is 0 Å². The minimum atomic E-state index is -0.963. The average Bonchev–Trinajstić information content (AvgIpc) is 3.09. The molecular weight excluding hydrogens is 356 g/mol. The normalized spacial score (nSPS) is 11.8. The molecule has 0 aliphatic carbocycles. The van der Waals surface area contributed by atoms with E-state index < -0.39 is 18.0 Å². The van der Waals surface area contributed by atoms with Gasteiger partial charge in [-0.3, -0.25) is 14.4 Å². The molecule has 28 heavy (non-hydrogen) atoms. The lowest BCUT2D eigenvalue weighted by atomic mass is 10.1. The van der Waals surface area contributed by atoms with Crippen LogP contribution in [-0.4, -0.2) is 28.7 Å². The van der Waals surface area contributed by atoms with Gasteiger partial charge in [0.1, 0.15) is 0 Å². The van der Waals surface area contributed by atoms with Crippen molar-refractivity contribution in [2.75, 3.05) is 5.32 Å². The van der Waals surface area contributed by atoms with Crippen molar-refractivity contribution in [1.29, 1.82) is 0 Å². The number of anilines is 1. The number of rotatable bonds is 7. The molecule has 0 fully saturated rings. The lowest BCUT2D eigenvalue weighted by Crippen LogP contribution is -2.30. The van der Waals surface area contributed by atoms with E-state index in [-0.39, 0.29) is 12.2 Å². The second-order valence-corrected chi connectivity index (χ2v) is 6.58. The summed E-state index contributed by atoms with van der Waals surface area (Å²) in [6.07, 6.45) is 1.61. The van der Waals surface area contributed by atoms with Gasteiger partial charge in [-0.2, -0.15) is 0 Å². The summed E-state index contributed by atoms with van der Waals surface area (Å²) in [7, 11) is 0. The minimum Gasteiger partial charge on any atom is -0.453 e. The number of benzene rings is 2. The van der Waals surface area contributed by atoms with E-state index in [1.165, 1.54) is 13.8 Å². The van der Waals surface area contributed by atoms with E-state index in [1.807, 2.05) is 30.5 Å². The van der Waals surface area contributed by atoms with Crippen LogP contribution in [0.5, 0.6) is 0 Å². The Bertz CT molecular complexity index is 1020. The molecule has 1 atom stereocenters. The Labute approximate surface area is 162 Å². The number of esters is 1. The van der Waals surface area contributed by atoms with Gasteiger partial charge >= 0.3 is 5.97 Å². The first-order valence-electron chi connectivity index (χ1n) is 9.11. The summed E-state index contributed by atoms with van der Waals surface area (Å²) >= 11 is 0. The van der Waals surface area contributed by atoms with Gasteiger partial charge in [-0.15, -0.1) is 0 Å². The Morgan fingerprint density at radius 1 is 1.07 bits per heavy atom. The fourth-order valence-electron chi connectivity index (χ4n) is 3.02. The Morgan fingerprint density at radius 3 is 2.57 bits per heavy atom. The van der Waals surface area contributed by atoms with Crippen molar-refractivity contribution in [2.45, 2.75) is 32.8 Å². The van der Waals surface area contributed by atoms with Gasteiger partial charge in [0.15, 0.2) is 11.9 Å². The van der Waals surface area contributed by atoms with Crippen LogP contribution in [0.1, 0.15) is 36.2 Å². The van der Waals surface area contributed by atoms with Crippen molar-refractivity contribution in [3.05, 3.63) is 65.9 Å². The number of aromatic amines is 1. The second-order valence-electron chi connectivity index (χ2n) is 6.58. The maximum atomic E-state index is 12.3. The number of carbonyl (C=O) groups excluding carboxylic acids is 3. The SMILES string of the molecule is CC(=O)c1ccccc1NC(=O)C(C)OC(=O)CCc1c[nH]c2ccccc12. The van der Waals surface area contributed by atoms with Crippen molar-refractivity contribution >= 4 is 34.3 Å². The Morgan fingerprint density at radius 2 is 1.79 bits per heavy atom. The third-order valence-electron chi connectivity index (χ3n) is 4.52. The molecule has 6 heteroatoms. The van der Waals surface area contributed by atoms with Crippen LogP contribution in [0, 0.1) is 0 Å². The summed E-state index contributed by atoms with van der Waals surface area (Å²) < 4.78 is 5.25. The molecule has 0 radical (unpaired) electrons. The number of ketones is 1. The van der Waals surface area contributed by atoms with Crippen LogP contribution < -0.4 is 5.32 Å². The molecule has 2 aromatic carbocycles. The summed E-state index contributed by atoms with van der Waals surface area (Å²) in [4.78, 5) is 39.3. The fourth-order valence-corrected chi connectivity index (χ4v) is 3.02. The molecule has 0 bridgehead atoms. The van der Waals surface area contributed by atoms with Gasteiger partial charge in [0.05, 0.1) is 5.69 Å². The average molecular weight is 378 g/mol. The number of amides is 1. The standard InChI is InChI=1S/C22H22N2O4/c1-14(25)17-7-3-6-10-20(17)24-22(27)15(2)28-21(26)12-11-16-13-23-19-9-5-4-8-18(16)19/h3-10,13,15,23H,11-12H2,1-2H3,(H,24,27). The maximum Gasteiger partial charge on any atom is 0.306 e. The zero-order valence-electron chi connectivity index (χ0n) is 15.8. The van der Waals surface area contributed by atoms with Gasteiger partial charge in [-0.1, -0.05) is 30.3 Å². The molecule has 144 valence electrons. The highest BCUT2D eigenvalue weighted by Crippen LogP contribution is 2.19. The van der Waals surface area contributed by atoms with Crippen molar-refractivity contribution in [3.8, 4) is 0 Å². The van der Waals surface area contributed by atoms with Crippen molar-refractivity contribution in [3.63, 3.8) is 0 Å². The van der Waals surface area contributed by atoms with E-state index in [9.17, 15) is 14.4 Å². The molecule has 1 heterocycles. The number of aromatic nitrogens is 1. The largest absolute Gasteiger partial charge is 0.453 e. The van der Waals surface area contributed by atoms with Crippen LogP contribution in [0.2, 0.25) is 0 Å². The lowest BCUT2D eigenvalue weighted by Gasteiger charge is -2.15. The van der Waals surface area contributed by atoms with Crippen LogP contribution in [0.3, 0.4) is 0 Å². The number of Topliss-reactive ketones (excluding diaryl/α,β-unsaturated/α-hetero) is 1. The number of hydrogen-bond acceptors (Lipinski definition) is 4. The summed E-state index contributed by atoms with van der Waals surface area (Å²) in [5, 5.41) is 3.72. The zero-order valence-corrected chi connectivity index (χ0v) is 15.8. The van der Waals surface area contributed by atoms with Gasteiger partial charge < -0.3 is 15.0 Å². The fraction of sp³-hybridized carbons (Fsp3) is 0.227. The van der Waals surface area contributed by atoms with Gasteiger partial charge in [0, 0.05) is 29.1 Å². The summed E-state index contributed by atoms with van der Waals surface area (Å²) in [6, 6.07) is 14.6. The van der Waals surface area contributed by atoms with Crippen LogP contribution >= 0.6 is 0 Å². The first kappa shape index (κ1) is 19.4. The third-order valence-corrected chi connectivity index (χ3v) is 4.52. The molecule has 0 aliphatic heterocycles. The molecule has 0 saturated heterocycles. The van der Waals surface area contributed by atoms with Crippen molar-refractivity contribution < 1.29 is 19.1 Å². The summed E-state index contributed by atoms with van der Waals surface area (Å²) in [5.74, 6) is -1.08. The van der Waals surface area contributed by atoms with Crippen LogP contribution in [0.4, 0.5) is 5.69 Å². The van der Waals surface area contributed by atoms with Gasteiger partial charge in [0.2, 0.25) is 0 Å². The number of aryl methyl sites for hydroxylation is 1. The zero-order chi connectivity index (χ0) is 20.1. The predicted molar refractivity (Wildman–Crippen MR) is 107 cm³/mol. The summed E-state index contributed by atoms with van der Waals surface area (Å²) in [5.41, 5.74) is 2.86. The molecule has 0 aliphatic rings. The molecule has 6 nitrogen and oxygen atoms in total. The molecule has 1 aromatic heterocycles. The third kappa shape index (κ3) is 4.46. The number of ether oxygens (including phenoxy) is 1. The Balaban J connectivity index is 1.55.